The van der Waals surface area contributed by atoms with Crippen molar-refractivity contribution < 1.29 is 9.47 Å². The predicted octanol–water partition coefficient (Wildman–Crippen LogP) is 6.60. The second-order valence-corrected chi connectivity index (χ2v) is 8.50. The minimum atomic E-state index is -0.575. The SMILES string of the molecule is COc1cc2c3cc(C)c(C)cc3p(-c3ccccc3)c2cc1OC. The number of benzene rings is 3. The van der Waals surface area contributed by atoms with Crippen LogP contribution in [0.1, 0.15) is 11.1 Å². The smallest absolute Gasteiger partial charge is 0.161 e. The summed E-state index contributed by atoms with van der Waals surface area (Å²) in [6.07, 6.45) is 0. The first-order chi connectivity index (χ1) is 12.1. The molecule has 4 rings (SSSR count). The summed E-state index contributed by atoms with van der Waals surface area (Å²) >= 11 is 0. The average Bonchev–Trinajstić information content (AvgIpc) is 2.94. The molecule has 4 aromatic rings. The summed E-state index contributed by atoms with van der Waals surface area (Å²) in [5, 5.41) is 6.74. The van der Waals surface area contributed by atoms with Gasteiger partial charge >= 0.3 is 0 Å². The molecule has 1 aromatic heterocycles. The molecule has 0 aliphatic rings. The average molecular weight is 348 g/mol. The Morgan fingerprint density at radius 1 is 0.680 bits per heavy atom. The lowest BCUT2D eigenvalue weighted by atomic mass is 10.1. The van der Waals surface area contributed by atoms with E-state index in [9.17, 15) is 0 Å². The molecule has 1 atom stereocenters. The molecule has 0 bridgehead atoms. The van der Waals surface area contributed by atoms with E-state index in [0.29, 0.717) is 0 Å². The monoisotopic (exact) mass is 348 g/mol. The summed E-state index contributed by atoms with van der Waals surface area (Å²) in [7, 11) is 2.82. The van der Waals surface area contributed by atoms with Crippen LogP contribution in [-0.2, 0) is 0 Å². The van der Waals surface area contributed by atoms with Crippen LogP contribution in [0, 0.1) is 13.8 Å². The topological polar surface area (TPSA) is 18.5 Å². The summed E-state index contributed by atoms with van der Waals surface area (Å²) < 4.78 is 11.1. The van der Waals surface area contributed by atoms with Crippen LogP contribution in [0.15, 0.2) is 54.6 Å². The van der Waals surface area contributed by atoms with Crippen LogP contribution in [0.5, 0.6) is 11.5 Å². The van der Waals surface area contributed by atoms with Gasteiger partial charge in [0.2, 0.25) is 0 Å². The van der Waals surface area contributed by atoms with E-state index in [1.54, 1.807) is 14.2 Å². The Hall–Kier alpha value is -2.44. The third-order valence-electron chi connectivity index (χ3n) is 4.90. The third kappa shape index (κ3) is 2.49. The Morgan fingerprint density at radius 2 is 1.24 bits per heavy atom. The minimum absolute atomic E-state index is 0.575. The zero-order valence-corrected chi connectivity index (χ0v) is 15.9. The van der Waals surface area contributed by atoms with Crippen molar-refractivity contribution in [2.24, 2.45) is 0 Å². The van der Waals surface area contributed by atoms with Crippen molar-refractivity contribution in [2.45, 2.75) is 13.8 Å². The molecule has 2 nitrogen and oxygen atoms in total. The molecular formula is C22H21O2P. The van der Waals surface area contributed by atoms with Crippen LogP contribution in [0.4, 0.5) is 0 Å². The van der Waals surface area contributed by atoms with Crippen LogP contribution in [-0.4, -0.2) is 14.2 Å². The maximum Gasteiger partial charge on any atom is 0.161 e. The van der Waals surface area contributed by atoms with Gasteiger partial charge in [-0.15, -0.1) is 0 Å². The molecular weight excluding hydrogens is 327 g/mol. The number of hydrogen-bond donors (Lipinski definition) is 0. The summed E-state index contributed by atoms with van der Waals surface area (Å²) in [4.78, 5) is 0. The second kappa shape index (κ2) is 6.13. The van der Waals surface area contributed by atoms with Gasteiger partial charge in [-0.3, -0.25) is 0 Å². The third-order valence-corrected chi connectivity index (χ3v) is 7.42. The molecule has 1 heterocycles. The van der Waals surface area contributed by atoms with Gasteiger partial charge in [0.15, 0.2) is 11.5 Å². The quantitative estimate of drug-likeness (QED) is 0.415. The molecule has 3 aromatic carbocycles. The molecule has 0 spiro atoms. The van der Waals surface area contributed by atoms with Crippen molar-refractivity contribution in [2.75, 3.05) is 14.2 Å². The van der Waals surface area contributed by atoms with E-state index < -0.39 is 7.53 Å². The summed E-state index contributed by atoms with van der Waals surface area (Å²) in [6.45, 7) is 4.37. The molecule has 0 amide bonds. The Kier molecular flexibility index (Phi) is 3.94. The fraction of sp³-hybridized carbons (Fsp3) is 0.182. The van der Waals surface area contributed by atoms with Gasteiger partial charge in [-0.25, -0.2) is 0 Å². The van der Waals surface area contributed by atoms with Crippen molar-refractivity contribution in [1.29, 1.82) is 0 Å². The van der Waals surface area contributed by atoms with Crippen LogP contribution in [0.2, 0.25) is 0 Å². The number of ether oxygens (including phenoxy) is 2. The molecule has 126 valence electrons. The van der Waals surface area contributed by atoms with Crippen molar-refractivity contribution in [3.8, 4) is 16.8 Å². The first-order valence-electron chi connectivity index (χ1n) is 8.37. The Labute approximate surface area is 149 Å². The van der Waals surface area contributed by atoms with E-state index in [1.165, 1.54) is 37.4 Å². The maximum atomic E-state index is 5.58. The molecule has 3 heteroatoms. The van der Waals surface area contributed by atoms with Gasteiger partial charge in [0, 0.05) is 10.2 Å². The minimum Gasteiger partial charge on any atom is -0.493 e. The number of methoxy groups -OCH3 is 2. The van der Waals surface area contributed by atoms with E-state index in [0.717, 1.165) is 11.5 Å². The number of fused-ring (bicyclic) bond motifs is 3. The second-order valence-electron chi connectivity index (χ2n) is 6.35. The van der Waals surface area contributed by atoms with Crippen LogP contribution >= 0.6 is 7.53 Å². The number of rotatable bonds is 3. The fourth-order valence-corrected chi connectivity index (χ4v) is 6.16. The Bertz CT molecular complexity index is 1080. The van der Waals surface area contributed by atoms with Gasteiger partial charge < -0.3 is 9.47 Å². The first kappa shape index (κ1) is 16.1. The standard InChI is InChI=1S/C22H21O2P/c1-14-10-17-18-12-19(23-3)20(24-4)13-22(18)25(21(17)11-15(14)2)16-8-6-5-7-9-16/h5-13H,1-4H3. The summed E-state index contributed by atoms with van der Waals surface area (Å²) in [5.41, 5.74) is 2.67. The van der Waals surface area contributed by atoms with Gasteiger partial charge in [0.05, 0.1) is 14.2 Å². The molecule has 0 N–H and O–H groups in total. The summed E-state index contributed by atoms with van der Waals surface area (Å²) in [6, 6.07) is 19.8. The molecule has 0 aliphatic carbocycles. The zero-order valence-electron chi connectivity index (χ0n) is 15.0. The molecule has 0 aliphatic heterocycles. The van der Waals surface area contributed by atoms with E-state index in [2.05, 4.69) is 68.4 Å². The van der Waals surface area contributed by atoms with Crippen LogP contribution < -0.4 is 9.47 Å². The van der Waals surface area contributed by atoms with Gasteiger partial charge in [0.25, 0.3) is 0 Å². The van der Waals surface area contributed by atoms with Crippen LogP contribution in [0.25, 0.3) is 26.3 Å². The normalized spacial score (nSPS) is 11.9. The lowest BCUT2D eigenvalue weighted by molar-refractivity contribution is 0.356. The summed E-state index contributed by atoms with van der Waals surface area (Å²) in [5.74, 6) is 1.58. The highest BCUT2D eigenvalue weighted by Gasteiger charge is 2.17. The van der Waals surface area contributed by atoms with Gasteiger partial charge in [-0.05, 0) is 59.3 Å². The first-order valence-corrected chi connectivity index (χ1v) is 9.71. The number of hydrogen-bond acceptors (Lipinski definition) is 2. The lowest BCUT2D eigenvalue weighted by Gasteiger charge is -2.09. The highest BCUT2D eigenvalue weighted by Crippen LogP contribution is 2.57. The Morgan fingerprint density at radius 3 is 1.92 bits per heavy atom. The molecule has 1 unspecified atom stereocenters. The van der Waals surface area contributed by atoms with Crippen molar-refractivity contribution in [3.63, 3.8) is 0 Å². The largest absolute Gasteiger partial charge is 0.493 e. The van der Waals surface area contributed by atoms with Crippen molar-refractivity contribution >= 4 is 28.5 Å². The maximum absolute atomic E-state index is 5.58. The molecule has 0 saturated heterocycles. The molecule has 0 radical (unpaired) electrons. The van der Waals surface area contributed by atoms with Gasteiger partial charge in [-0.1, -0.05) is 43.9 Å². The molecule has 0 saturated carbocycles. The zero-order chi connectivity index (χ0) is 17.6. The van der Waals surface area contributed by atoms with E-state index in [4.69, 9.17) is 9.47 Å². The van der Waals surface area contributed by atoms with E-state index in [1.807, 2.05) is 0 Å². The lowest BCUT2D eigenvalue weighted by Crippen LogP contribution is -1.89. The van der Waals surface area contributed by atoms with Crippen molar-refractivity contribution in [1.82, 2.24) is 0 Å². The highest BCUT2D eigenvalue weighted by molar-refractivity contribution is 7.67. The van der Waals surface area contributed by atoms with Gasteiger partial charge in [-0.2, -0.15) is 0 Å². The van der Waals surface area contributed by atoms with Crippen molar-refractivity contribution in [3.05, 3.63) is 65.7 Å². The Balaban J connectivity index is 2.21. The van der Waals surface area contributed by atoms with Crippen LogP contribution in [0.3, 0.4) is 0 Å². The highest BCUT2D eigenvalue weighted by atomic mass is 31.1. The van der Waals surface area contributed by atoms with E-state index >= 15 is 0 Å². The van der Waals surface area contributed by atoms with Gasteiger partial charge in [0.1, 0.15) is 0 Å². The molecule has 0 fully saturated rings. The number of aryl methyl sites for hydroxylation is 2. The van der Waals surface area contributed by atoms with E-state index in [-0.39, 0.29) is 0 Å². The predicted molar refractivity (Wildman–Crippen MR) is 108 cm³/mol. The fourth-order valence-electron chi connectivity index (χ4n) is 3.46. The molecule has 25 heavy (non-hydrogen) atoms.